The Kier molecular flexibility index (Phi) is 3.88. The quantitative estimate of drug-likeness (QED) is 0.815. The molecule has 1 aliphatic heterocycles. The fraction of sp³-hybridized carbons (Fsp3) is 0.571. The molecule has 1 fully saturated rings. The first kappa shape index (κ1) is 13.3. The van der Waals surface area contributed by atoms with Crippen molar-refractivity contribution >= 4 is 5.69 Å². The number of nitrogens with zero attached hydrogens (tertiary/aromatic N) is 2. The van der Waals surface area contributed by atoms with Gasteiger partial charge in [-0.1, -0.05) is 0 Å². The molecule has 0 aliphatic carbocycles. The number of halogens is 1. The summed E-state index contributed by atoms with van der Waals surface area (Å²) in [6.45, 7) is 7.16. The molecule has 1 aromatic carbocycles. The van der Waals surface area contributed by atoms with Crippen molar-refractivity contribution < 1.29 is 4.39 Å². The zero-order chi connectivity index (χ0) is 13.3. The molecule has 2 atom stereocenters. The van der Waals surface area contributed by atoms with Crippen molar-refractivity contribution in [1.82, 2.24) is 9.80 Å². The first-order valence-electron chi connectivity index (χ1n) is 6.45. The molecule has 1 aromatic rings. The fourth-order valence-corrected chi connectivity index (χ4v) is 2.60. The van der Waals surface area contributed by atoms with Gasteiger partial charge in [0.15, 0.2) is 0 Å². The van der Waals surface area contributed by atoms with E-state index in [1.165, 1.54) is 6.07 Å². The molecule has 2 rings (SSSR count). The van der Waals surface area contributed by atoms with Crippen LogP contribution in [0.5, 0.6) is 0 Å². The Hall–Kier alpha value is -1.13. The predicted octanol–water partition coefficient (Wildman–Crippen LogP) is 1.93. The van der Waals surface area contributed by atoms with Crippen LogP contribution in [0.25, 0.3) is 0 Å². The molecule has 1 heterocycles. The number of hydrogen-bond acceptors (Lipinski definition) is 3. The van der Waals surface area contributed by atoms with E-state index in [0.29, 0.717) is 17.8 Å². The van der Waals surface area contributed by atoms with Crippen LogP contribution in [0, 0.1) is 5.82 Å². The maximum atomic E-state index is 13.2. The van der Waals surface area contributed by atoms with Crippen LogP contribution in [0.4, 0.5) is 10.1 Å². The standard InChI is InChI=1S/C14H22FN3/c1-10-7-18(8-11(2)17(10)3)9-12-6-13(15)4-5-14(12)16/h4-6,10-11H,7-9,16H2,1-3H3. The smallest absolute Gasteiger partial charge is 0.123 e. The van der Waals surface area contributed by atoms with Gasteiger partial charge in [0.2, 0.25) is 0 Å². The van der Waals surface area contributed by atoms with E-state index in [2.05, 4.69) is 30.7 Å². The monoisotopic (exact) mass is 251 g/mol. The average Bonchev–Trinajstić information content (AvgIpc) is 2.31. The molecule has 0 saturated carbocycles. The van der Waals surface area contributed by atoms with Gasteiger partial charge in [0.25, 0.3) is 0 Å². The Morgan fingerprint density at radius 3 is 2.50 bits per heavy atom. The summed E-state index contributed by atoms with van der Waals surface area (Å²) in [5.74, 6) is -0.213. The van der Waals surface area contributed by atoms with Crippen molar-refractivity contribution in [1.29, 1.82) is 0 Å². The molecule has 1 aliphatic rings. The fourth-order valence-electron chi connectivity index (χ4n) is 2.60. The minimum absolute atomic E-state index is 0.213. The van der Waals surface area contributed by atoms with Gasteiger partial charge in [-0.3, -0.25) is 9.80 Å². The van der Waals surface area contributed by atoms with E-state index >= 15 is 0 Å². The van der Waals surface area contributed by atoms with Crippen molar-refractivity contribution in [3.8, 4) is 0 Å². The van der Waals surface area contributed by atoms with E-state index in [-0.39, 0.29) is 5.82 Å². The molecule has 0 spiro atoms. The molecule has 0 aromatic heterocycles. The van der Waals surface area contributed by atoms with Crippen LogP contribution in [-0.2, 0) is 6.54 Å². The highest BCUT2D eigenvalue weighted by molar-refractivity contribution is 5.46. The Morgan fingerprint density at radius 2 is 1.89 bits per heavy atom. The van der Waals surface area contributed by atoms with E-state index in [4.69, 9.17) is 5.73 Å². The second-order valence-electron chi connectivity index (χ2n) is 5.40. The number of nitrogen functional groups attached to an aromatic ring is 1. The Bertz CT molecular complexity index is 410. The van der Waals surface area contributed by atoms with Crippen LogP contribution in [0.1, 0.15) is 19.4 Å². The van der Waals surface area contributed by atoms with E-state index in [1.54, 1.807) is 12.1 Å². The zero-order valence-electron chi connectivity index (χ0n) is 11.4. The molecule has 0 bridgehead atoms. The summed E-state index contributed by atoms with van der Waals surface area (Å²) >= 11 is 0. The molecule has 0 radical (unpaired) electrons. The van der Waals surface area contributed by atoms with Gasteiger partial charge in [-0.2, -0.15) is 0 Å². The molecular weight excluding hydrogens is 229 g/mol. The number of anilines is 1. The Labute approximate surface area is 108 Å². The van der Waals surface area contributed by atoms with E-state index in [0.717, 1.165) is 25.2 Å². The minimum atomic E-state index is -0.213. The largest absolute Gasteiger partial charge is 0.398 e. The summed E-state index contributed by atoms with van der Waals surface area (Å²) in [5.41, 5.74) is 7.46. The lowest BCUT2D eigenvalue weighted by Crippen LogP contribution is -2.54. The van der Waals surface area contributed by atoms with Crippen molar-refractivity contribution in [2.24, 2.45) is 0 Å². The van der Waals surface area contributed by atoms with Gasteiger partial charge in [-0.15, -0.1) is 0 Å². The van der Waals surface area contributed by atoms with Crippen molar-refractivity contribution in [2.75, 3.05) is 25.9 Å². The first-order chi connectivity index (χ1) is 8.47. The normalized spacial score (nSPS) is 26.4. The predicted molar refractivity (Wildman–Crippen MR) is 72.8 cm³/mol. The second-order valence-corrected chi connectivity index (χ2v) is 5.40. The zero-order valence-corrected chi connectivity index (χ0v) is 11.4. The number of rotatable bonds is 2. The van der Waals surface area contributed by atoms with Crippen LogP contribution >= 0.6 is 0 Å². The van der Waals surface area contributed by atoms with Gasteiger partial charge in [0, 0.05) is 37.4 Å². The number of benzene rings is 1. The first-order valence-corrected chi connectivity index (χ1v) is 6.45. The summed E-state index contributed by atoms with van der Waals surface area (Å²) in [4.78, 5) is 4.73. The number of hydrogen-bond donors (Lipinski definition) is 1. The summed E-state index contributed by atoms with van der Waals surface area (Å²) < 4.78 is 13.2. The van der Waals surface area contributed by atoms with Gasteiger partial charge < -0.3 is 5.73 Å². The Balaban J connectivity index is 2.07. The lowest BCUT2D eigenvalue weighted by Gasteiger charge is -2.42. The highest BCUT2D eigenvalue weighted by Gasteiger charge is 2.26. The third-order valence-corrected chi connectivity index (χ3v) is 3.93. The number of piperazine rings is 1. The highest BCUT2D eigenvalue weighted by atomic mass is 19.1. The lowest BCUT2D eigenvalue weighted by molar-refractivity contribution is 0.0557. The van der Waals surface area contributed by atoms with Crippen molar-refractivity contribution in [2.45, 2.75) is 32.5 Å². The maximum absolute atomic E-state index is 13.2. The molecule has 2 N–H and O–H groups in total. The Morgan fingerprint density at radius 1 is 1.28 bits per heavy atom. The topological polar surface area (TPSA) is 32.5 Å². The summed E-state index contributed by atoms with van der Waals surface area (Å²) in [5, 5.41) is 0. The summed E-state index contributed by atoms with van der Waals surface area (Å²) in [6.07, 6.45) is 0. The van der Waals surface area contributed by atoms with Crippen molar-refractivity contribution in [3.05, 3.63) is 29.6 Å². The van der Waals surface area contributed by atoms with E-state index in [9.17, 15) is 4.39 Å². The number of nitrogens with two attached hydrogens (primary N) is 1. The molecule has 2 unspecified atom stereocenters. The molecule has 100 valence electrons. The number of likely N-dealkylation sites (N-methyl/N-ethyl adjacent to an activating group) is 1. The van der Waals surface area contributed by atoms with Gasteiger partial charge >= 0.3 is 0 Å². The molecule has 4 heteroatoms. The molecule has 1 saturated heterocycles. The van der Waals surface area contributed by atoms with E-state index in [1.807, 2.05) is 0 Å². The summed E-state index contributed by atoms with van der Waals surface area (Å²) in [6, 6.07) is 5.64. The molecule has 18 heavy (non-hydrogen) atoms. The molecule has 0 amide bonds. The minimum Gasteiger partial charge on any atom is -0.398 e. The highest BCUT2D eigenvalue weighted by Crippen LogP contribution is 2.20. The summed E-state index contributed by atoms with van der Waals surface area (Å²) in [7, 11) is 2.16. The van der Waals surface area contributed by atoms with Crippen LogP contribution < -0.4 is 5.73 Å². The third-order valence-electron chi connectivity index (χ3n) is 3.93. The average molecular weight is 251 g/mol. The van der Waals surface area contributed by atoms with Gasteiger partial charge in [0.05, 0.1) is 0 Å². The van der Waals surface area contributed by atoms with Crippen LogP contribution in [0.2, 0.25) is 0 Å². The van der Waals surface area contributed by atoms with Crippen LogP contribution in [0.3, 0.4) is 0 Å². The van der Waals surface area contributed by atoms with Crippen molar-refractivity contribution in [3.63, 3.8) is 0 Å². The SMILES string of the molecule is CC1CN(Cc2cc(F)ccc2N)CC(C)N1C. The van der Waals surface area contributed by atoms with Crippen LogP contribution in [-0.4, -0.2) is 42.0 Å². The second kappa shape index (κ2) is 5.24. The molecule has 3 nitrogen and oxygen atoms in total. The van der Waals surface area contributed by atoms with Gasteiger partial charge in [0.1, 0.15) is 5.82 Å². The molecular formula is C14H22FN3. The lowest BCUT2D eigenvalue weighted by atomic mass is 10.1. The van der Waals surface area contributed by atoms with E-state index < -0.39 is 0 Å². The maximum Gasteiger partial charge on any atom is 0.123 e. The third kappa shape index (κ3) is 2.82. The van der Waals surface area contributed by atoms with Crippen LogP contribution in [0.15, 0.2) is 18.2 Å². The van der Waals surface area contributed by atoms with Gasteiger partial charge in [-0.05, 0) is 44.7 Å². The van der Waals surface area contributed by atoms with Gasteiger partial charge in [-0.25, -0.2) is 4.39 Å².